The van der Waals surface area contributed by atoms with Gasteiger partial charge in [0.2, 0.25) is 0 Å². The normalized spacial score (nSPS) is 15.6. The molecule has 0 spiro atoms. The van der Waals surface area contributed by atoms with Crippen LogP contribution in [-0.4, -0.2) is 25.7 Å². The van der Waals surface area contributed by atoms with E-state index in [1.54, 1.807) is 19.9 Å². The molecule has 0 aromatic carbocycles. The fourth-order valence-electron chi connectivity index (χ4n) is 1.99. The average Bonchev–Trinajstić information content (AvgIpc) is 2.55. The maximum Gasteiger partial charge on any atom is 0.333 e. The molecule has 0 rings (SSSR count). The van der Waals surface area contributed by atoms with Crippen molar-refractivity contribution in [1.29, 1.82) is 0 Å². The second-order valence-electron chi connectivity index (χ2n) is 5.83. The van der Waals surface area contributed by atoms with Crippen LogP contribution in [0.15, 0.2) is 47.6 Å². The van der Waals surface area contributed by atoms with Crippen molar-refractivity contribution in [3.8, 4) is 0 Å². The highest BCUT2D eigenvalue weighted by Crippen LogP contribution is 2.19. The van der Waals surface area contributed by atoms with Crippen LogP contribution in [-0.2, 0) is 19.1 Å². The van der Waals surface area contributed by atoms with Crippen LogP contribution in [0, 0.1) is 11.8 Å². The first kappa shape index (κ1) is 21.9. The highest BCUT2D eigenvalue weighted by molar-refractivity contribution is 5.87. The van der Waals surface area contributed by atoms with E-state index >= 15 is 0 Å². The summed E-state index contributed by atoms with van der Waals surface area (Å²) in [7, 11) is 1.39. The monoisotopic (exact) mass is 334 g/mol. The van der Waals surface area contributed by atoms with Gasteiger partial charge in [0.05, 0.1) is 13.7 Å². The zero-order chi connectivity index (χ0) is 18.5. The highest BCUT2D eigenvalue weighted by Gasteiger charge is 2.10. The van der Waals surface area contributed by atoms with Gasteiger partial charge >= 0.3 is 11.9 Å². The molecule has 0 N–H and O–H groups in total. The first-order chi connectivity index (χ1) is 11.3. The van der Waals surface area contributed by atoms with E-state index in [2.05, 4.69) is 24.7 Å². The Morgan fingerprint density at radius 2 is 1.71 bits per heavy atom. The van der Waals surface area contributed by atoms with Crippen LogP contribution in [0.25, 0.3) is 0 Å². The number of rotatable bonds is 9. The fraction of sp³-hybridized carbons (Fsp3) is 0.500. The molecule has 0 unspecified atom stereocenters. The van der Waals surface area contributed by atoms with Crippen molar-refractivity contribution >= 4 is 11.9 Å². The van der Waals surface area contributed by atoms with Crippen LogP contribution in [0.1, 0.15) is 41.0 Å². The minimum atomic E-state index is -0.335. The van der Waals surface area contributed by atoms with Gasteiger partial charge in [-0.25, -0.2) is 9.59 Å². The Bertz CT molecular complexity index is 524. The Morgan fingerprint density at radius 1 is 1.08 bits per heavy atom. The number of ether oxygens (including phenoxy) is 2. The number of esters is 2. The zero-order valence-corrected chi connectivity index (χ0v) is 15.7. The maximum absolute atomic E-state index is 11.4. The molecule has 4 heteroatoms. The standard InChI is InChI=1S/C20H30O4/c1-7-24-19(21)11-9-8-10-15(2)14-18(5)16(3)12-13-17(4)20(22)23-6/h8-11,13-14,16,18H,7,12H2,1-6H3/b10-8+,11-9+,15-14+,17-13-/t16-,18-/m0/s1. The molecule has 0 radical (unpaired) electrons. The van der Waals surface area contributed by atoms with Crippen LogP contribution in [0.5, 0.6) is 0 Å². The summed E-state index contributed by atoms with van der Waals surface area (Å²) in [6.07, 6.45) is 11.8. The first-order valence-electron chi connectivity index (χ1n) is 8.26. The van der Waals surface area contributed by atoms with E-state index in [4.69, 9.17) is 4.74 Å². The third-order valence-corrected chi connectivity index (χ3v) is 3.72. The average molecular weight is 334 g/mol. The molecule has 0 saturated heterocycles. The molecule has 24 heavy (non-hydrogen) atoms. The van der Waals surface area contributed by atoms with Gasteiger partial charge in [0, 0.05) is 11.6 Å². The van der Waals surface area contributed by atoms with Gasteiger partial charge in [0.25, 0.3) is 0 Å². The van der Waals surface area contributed by atoms with Crippen LogP contribution in [0.2, 0.25) is 0 Å². The molecule has 0 aliphatic rings. The van der Waals surface area contributed by atoms with Crippen LogP contribution in [0.3, 0.4) is 0 Å². The molecule has 0 bridgehead atoms. The minimum absolute atomic E-state index is 0.280. The molecule has 0 saturated carbocycles. The van der Waals surface area contributed by atoms with Crippen LogP contribution >= 0.6 is 0 Å². The molecule has 0 heterocycles. The topological polar surface area (TPSA) is 52.6 Å². The highest BCUT2D eigenvalue weighted by atomic mass is 16.5. The van der Waals surface area contributed by atoms with Gasteiger partial charge in [-0.2, -0.15) is 0 Å². The van der Waals surface area contributed by atoms with Gasteiger partial charge in [-0.3, -0.25) is 0 Å². The summed E-state index contributed by atoms with van der Waals surface area (Å²) in [5.41, 5.74) is 1.76. The maximum atomic E-state index is 11.4. The molecular weight excluding hydrogens is 304 g/mol. The van der Waals surface area contributed by atoms with Crippen molar-refractivity contribution < 1.29 is 19.1 Å². The van der Waals surface area contributed by atoms with Gasteiger partial charge in [-0.15, -0.1) is 0 Å². The fourth-order valence-corrected chi connectivity index (χ4v) is 1.99. The van der Waals surface area contributed by atoms with Gasteiger partial charge in [-0.05, 0) is 39.0 Å². The molecule has 0 fully saturated rings. The number of methoxy groups -OCH3 is 1. The summed E-state index contributed by atoms with van der Waals surface area (Å²) in [6, 6.07) is 0. The summed E-state index contributed by atoms with van der Waals surface area (Å²) >= 11 is 0. The smallest absolute Gasteiger partial charge is 0.333 e. The number of hydrogen-bond acceptors (Lipinski definition) is 4. The quantitative estimate of drug-likeness (QED) is 0.356. The van der Waals surface area contributed by atoms with E-state index in [0.29, 0.717) is 24.0 Å². The molecule has 0 aromatic heterocycles. The van der Waals surface area contributed by atoms with Crippen molar-refractivity contribution in [3.05, 3.63) is 47.6 Å². The lowest BCUT2D eigenvalue weighted by Gasteiger charge is -2.15. The molecule has 0 aliphatic carbocycles. The predicted octanol–water partition coefficient (Wildman–Crippen LogP) is 4.39. The molecule has 0 amide bonds. The molecule has 0 aromatic rings. The lowest BCUT2D eigenvalue weighted by atomic mass is 9.90. The van der Waals surface area contributed by atoms with E-state index in [1.165, 1.54) is 13.2 Å². The minimum Gasteiger partial charge on any atom is -0.466 e. The van der Waals surface area contributed by atoms with Crippen molar-refractivity contribution in [1.82, 2.24) is 0 Å². The Kier molecular flexibility index (Phi) is 11.3. The van der Waals surface area contributed by atoms with E-state index in [1.807, 2.05) is 25.2 Å². The SMILES string of the molecule is CCOC(=O)/C=C/C=C/C(C)=C/[C@H](C)[C@@H](C)C/C=C(/C)C(=O)OC. The number of allylic oxidation sites excluding steroid dienone is 6. The lowest BCUT2D eigenvalue weighted by Crippen LogP contribution is -2.07. The summed E-state index contributed by atoms with van der Waals surface area (Å²) < 4.78 is 9.49. The molecule has 0 aliphatic heterocycles. The van der Waals surface area contributed by atoms with Crippen molar-refractivity contribution in [3.63, 3.8) is 0 Å². The van der Waals surface area contributed by atoms with Gasteiger partial charge in [0.1, 0.15) is 0 Å². The van der Waals surface area contributed by atoms with Gasteiger partial charge in [0.15, 0.2) is 0 Å². The summed E-state index contributed by atoms with van der Waals surface area (Å²) in [5.74, 6) is 0.157. The van der Waals surface area contributed by atoms with Crippen LogP contribution in [0.4, 0.5) is 0 Å². The first-order valence-corrected chi connectivity index (χ1v) is 8.26. The second-order valence-corrected chi connectivity index (χ2v) is 5.83. The second kappa shape index (κ2) is 12.3. The summed E-state index contributed by atoms with van der Waals surface area (Å²) in [4.78, 5) is 22.5. The molecule has 134 valence electrons. The summed E-state index contributed by atoms with van der Waals surface area (Å²) in [5, 5.41) is 0. The molecule has 2 atom stereocenters. The van der Waals surface area contributed by atoms with Crippen LogP contribution < -0.4 is 0 Å². The summed E-state index contributed by atoms with van der Waals surface area (Å²) in [6.45, 7) is 10.2. The van der Waals surface area contributed by atoms with E-state index in [9.17, 15) is 9.59 Å². The number of carbonyl (C=O) groups excluding carboxylic acids is 2. The lowest BCUT2D eigenvalue weighted by molar-refractivity contribution is -0.137. The van der Waals surface area contributed by atoms with E-state index in [-0.39, 0.29) is 11.9 Å². The Balaban J connectivity index is 4.54. The third-order valence-electron chi connectivity index (χ3n) is 3.72. The Hall–Kier alpha value is -2.10. The largest absolute Gasteiger partial charge is 0.466 e. The Morgan fingerprint density at radius 3 is 2.29 bits per heavy atom. The van der Waals surface area contributed by atoms with Crippen molar-refractivity contribution in [2.75, 3.05) is 13.7 Å². The van der Waals surface area contributed by atoms with Crippen molar-refractivity contribution in [2.24, 2.45) is 11.8 Å². The van der Waals surface area contributed by atoms with E-state index in [0.717, 1.165) is 12.0 Å². The Labute approximate surface area is 145 Å². The third kappa shape index (κ3) is 9.82. The molecule has 4 nitrogen and oxygen atoms in total. The zero-order valence-electron chi connectivity index (χ0n) is 15.7. The van der Waals surface area contributed by atoms with Gasteiger partial charge in [-0.1, -0.05) is 49.8 Å². The molecular formula is C20H30O4. The van der Waals surface area contributed by atoms with Gasteiger partial charge < -0.3 is 9.47 Å². The van der Waals surface area contributed by atoms with Crippen molar-refractivity contribution in [2.45, 2.75) is 41.0 Å². The van der Waals surface area contributed by atoms with E-state index < -0.39 is 0 Å². The number of carbonyl (C=O) groups is 2. The predicted molar refractivity (Wildman–Crippen MR) is 97.4 cm³/mol. The number of hydrogen-bond donors (Lipinski definition) is 0.